The Kier molecular flexibility index (Phi) is 6.36. The van der Waals surface area contributed by atoms with E-state index in [-0.39, 0.29) is 35.0 Å². The lowest BCUT2D eigenvalue weighted by Gasteiger charge is -2.46. The van der Waals surface area contributed by atoms with Crippen molar-refractivity contribution in [2.24, 2.45) is 7.05 Å². The summed E-state index contributed by atoms with van der Waals surface area (Å²) in [5.74, 6) is 0.263. The van der Waals surface area contributed by atoms with Crippen LogP contribution in [0.5, 0.6) is 5.75 Å². The average molecular weight is 514 g/mol. The first-order valence-corrected chi connectivity index (χ1v) is 12.2. The predicted octanol–water partition coefficient (Wildman–Crippen LogP) is 2.14. The normalized spacial score (nSPS) is 19.3. The number of hydrogen-bond acceptors (Lipinski definition) is 10. The monoisotopic (exact) mass is 513 g/mol. The third-order valence-corrected chi connectivity index (χ3v) is 6.34. The molecular weight excluding hydrogens is 481 g/mol. The van der Waals surface area contributed by atoms with Gasteiger partial charge in [0.1, 0.15) is 17.5 Å². The molecule has 12 nitrogen and oxygen atoms in total. The second-order valence-electron chi connectivity index (χ2n) is 10.9. The van der Waals surface area contributed by atoms with Gasteiger partial charge in [0.2, 0.25) is 5.95 Å². The number of halogens is 1. The number of piperidine rings is 1. The number of anilines is 3. The lowest BCUT2D eigenvalue weighted by molar-refractivity contribution is -0.0797. The van der Waals surface area contributed by atoms with Crippen LogP contribution >= 0.6 is 0 Å². The third-order valence-electron chi connectivity index (χ3n) is 6.34. The number of ether oxygens (including phenoxy) is 2. The second-order valence-corrected chi connectivity index (χ2v) is 10.9. The molecule has 0 radical (unpaired) electrons. The van der Waals surface area contributed by atoms with Crippen molar-refractivity contribution in [3.8, 4) is 11.4 Å². The van der Waals surface area contributed by atoms with Gasteiger partial charge in [-0.3, -0.25) is 0 Å². The van der Waals surface area contributed by atoms with Gasteiger partial charge in [0.05, 0.1) is 19.4 Å². The first-order valence-electron chi connectivity index (χ1n) is 12.2. The smallest absolute Gasteiger partial charge is 0.368 e. The summed E-state index contributed by atoms with van der Waals surface area (Å²) in [5.41, 5.74) is 0.327. The van der Waals surface area contributed by atoms with Crippen LogP contribution in [0.3, 0.4) is 0 Å². The number of aromatic nitrogens is 6. The maximum absolute atomic E-state index is 14.7. The molecule has 0 saturated carbocycles. The van der Waals surface area contributed by atoms with Crippen LogP contribution in [0.1, 0.15) is 40.5 Å². The summed E-state index contributed by atoms with van der Waals surface area (Å²) < 4.78 is 28.1. The Balaban J connectivity index is 1.40. The number of benzene rings is 1. The summed E-state index contributed by atoms with van der Waals surface area (Å²) in [5, 5.41) is 17.7. The molecule has 37 heavy (non-hydrogen) atoms. The summed E-state index contributed by atoms with van der Waals surface area (Å²) >= 11 is 0. The number of rotatable bonds is 7. The van der Waals surface area contributed by atoms with Crippen LogP contribution in [0.25, 0.3) is 5.69 Å². The van der Waals surface area contributed by atoms with Crippen LogP contribution in [-0.4, -0.2) is 66.2 Å². The minimum absolute atomic E-state index is 0.0329. The van der Waals surface area contributed by atoms with Gasteiger partial charge in [-0.15, -0.1) is 0 Å². The predicted molar refractivity (Wildman–Crippen MR) is 135 cm³/mol. The quantitative estimate of drug-likeness (QED) is 0.431. The Bertz CT molecular complexity index is 1330. The van der Waals surface area contributed by atoms with Crippen molar-refractivity contribution in [2.45, 2.75) is 63.8 Å². The summed E-state index contributed by atoms with van der Waals surface area (Å²) in [6, 6.07) is 5.20. The first-order chi connectivity index (χ1) is 17.5. The summed E-state index contributed by atoms with van der Waals surface area (Å²) in [4.78, 5) is 21.0. The molecule has 0 atom stereocenters. The van der Waals surface area contributed by atoms with Crippen LogP contribution in [0.2, 0.25) is 0 Å². The number of aryl methyl sites for hydroxylation is 1. The molecule has 2 fully saturated rings. The Hall–Kier alpha value is -3.58. The molecule has 0 amide bonds. The van der Waals surface area contributed by atoms with Crippen molar-refractivity contribution in [1.29, 1.82) is 0 Å². The number of nitrogens with one attached hydrogen (secondary N) is 3. The highest BCUT2D eigenvalue weighted by Gasteiger charge is 2.38. The molecule has 0 aliphatic carbocycles. The first kappa shape index (κ1) is 25.1. The highest BCUT2D eigenvalue weighted by molar-refractivity contribution is 5.62. The minimum atomic E-state index is -0.530. The molecule has 198 valence electrons. The lowest BCUT2D eigenvalue weighted by atomic mass is 9.79. The lowest BCUT2D eigenvalue weighted by Crippen LogP contribution is -2.60. The molecule has 2 saturated heterocycles. The van der Waals surface area contributed by atoms with E-state index in [0.717, 1.165) is 28.4 Å². The molecular formula is C24H32FN9O3. The zero-order valence-corrected chi connectivity index (χ0v) is 21.6. The van der Waals surface area contributed by atoms with E-state index in [1.165, 1.54) is 7.05 Å². The van der Waals surface area contributed by atoms with E-state index < -0.39 is 11.5 Å². The molecule has 2 aromatic heterocycles. The molecule has 3 aromatic rings. The molecule has 2 aliphatic rings. The van der Waals surface area contributed by atoms with Crippen LogP contribution in [0, 0.1) is 5.82 Å². The average Bonchev–Trinajstić information content (AvgIpc) is 3.10. The van der Waals surface area contributed by atoms with Gasteiger partial charge < -0.3 is 25.4 Å². The van der Waals surface area contributed by atoms with Gasteiger partial charge in [0, 0.05) is 29.9 Å². The topological polar surface area (TPSA) is 133 Å². The zero-order valence-electron chi connectivity index (χ0n) is 21.6. The Morgan fingerprint density at radius 2 is 1.89 bits per heavy atom. The van der Waals surface area contributed by atoms with E-state index in [1.807, 2.05) is 0 Å². The molecule has 2 aliphatic heterocycles. The van der Waals surface area contributed by atoms with Crippen molar-refractivity contribution in [3.05, 3.63) is 40.7 Å². The van der Waals surface area contributed by atoms with Crippen molar-refractivity contribution in [2.75, 3.05) is 23.8 Å². The largest absolute Gasteiger partial charge is 0.483 e. The SMILES string of the molecule is Cn1nnn(-c2cc(Nc3ncc(F)c(NC4CC(C)(C)NC(C)(C)C4)n3)ccc2OC2COC2)c1=O. The van der Waals surface area contributed by atoms with Crippen molar-refractivity contribution < 1.29 is 13.9 Å². The fourth-order valence-electron chi connectivity index (χ4n) is 5.06. The van der Waals surface area contributed by atoms with E-state index in [1.54, 1.807) is 18.2 Å². The van der Waals surface area contributed by atoms with E-state index in [9.17, 15) is 9.18 Å². The standard InChI is InChI=1S/C24H32FN9O3/c1-23(2)9-15(10-24(3,4)30-23)27-20-17(25)11-26-21(29-20)28-14-6-7-19(37-16-12-36-13-16)18(8-14)34-22(35)33(5)31-32-34/h6-8,11,15-16,30H,9-10,12-13H2,1-5H3,(H2,26,27,28,29). The number of nitrogens with zero attached hydrogens (tertiary/aromatic N) is 6. The number of tetrazole rings is 1. The van der Waals surface area contributed by atoms with Gasteiger partial charge in [-0.05, 0) is 69.2 Å². The van der Waals surface area contributed by atoms with Crippen LogP contribution in [0.15, 0.2) is 29.2 Å². The molecule has 0 spiro atoms. The van der Waals surface area contributed by atoms with Crippen LogP contribution in [-0.2, 0) is 11.8 Å². The maximum Gasteiger partial charge on any atom is 0.368 e. The Morgan fingerprint density at radius 3 is 2.51 bits per heavy atom. The molecule has 4 heterocycles. The second kappa shape index (κ2) is 9.38. The van der Waals surface area contributed by atoms with Gasteiger partial charge in [0.15, 0.2) is 11.6 Å². The van der Waals surface area contributed by atoms with Gasteiger partial charge in [-0.25, -0.2) is 14.2 Å². The summed E-state index contributed by atoms with van der Waals surface area (Å²) in [6.07, 6.45) is 2.65. The molecule has 5 rings (SSSR count). The van der Waals surface area contributed by atoms with E-state index in [0.29, 0.717) is 30.3 Å². The Labute approximate surface area is 213 Å². The molecule has 0 unspecified atom stereocenters. The van der Waals surface area contributed by atoms with Crippen molar-refractivity contribution in [3.63, 3.8) is 0 Å². The van der Waals surface area contributed by atoms with Gasteiger partial charge in [-0.1, -0.05) is 0 Å². The highest BCUT2D eigenvalue weighted by atomic mass is 19.1. The van der Waals surface area contributed by atoms with E-state index in [2.05, 4.69) is 64.0 Å². The fourth-order valence-corrected chi connectivity index (χ4v) is 5.06. The number of hydrogen-bond donors (Lipinski definition) is 3. The highest BCUT2D eigenvalue weighted by Crippen LogP contribution is 2.32. The summed E-state index contributed by atoms with van der Waals surface area (Å²) in [7, 11) is 1.51. The van der Waals surface area contributed by atoms with Gasteiger partial charge in [0.25, 0.3) is 0 Å². The van der Waals surface area contributed by atoms with Gasteiger partial charge in [-0.2, -0.15) is 14.3 Å². The van der Waals surface area contributed by atoms with E-state index >= 15 is 0 Å². The Morgan fingerprint density at radius 1 is 1.16 bits per heavy atom. The molecule has 0 bridgehead atoms. The van der Waals surface area contributed by atoms with Crippen LogP contribution < -0.4 is 26.4 Å². The van der Waals surface area contributed by atoms with Gasteiger partial charge >= 0.3 is 5.69 Å². The summed E-state index contributed by atoms with van der Waals surface area (Å²) in [6.45, 7) is 9.49. The third kappa shape index (κ3) is 5.57. The van der Waals surface area contributed by atoms with E-state index in [4.69, 9.17) is 9.47 Å². The fraction of sp³-hybridized carbons (Fsp3) is 0.542. The minimum Gasteiger partial charge on any atom is -0.483 e. The van der Waals surface area contributed by atoms with Crippen molar-refractivity contribution >= 4 is 17.5 Å². The molecule has 13 heteroatoms. The molecule has 3 N–H and O–H groups in total. The molecule has 1 aromatic carbocycles. The van der Waals surface area contributed by atoms with Crippen LogP contribution in [0.4, 0.5) is 21.8 Å². The zero-order chi connectivity index (χ0) is 26.4. The maximum atomic E-state index is 14.7. The van der Waals surface area contributed by atoms with Crippen molar-refractivity contribution in [1.82, 2.24) is 35.1 Å².